The summed E-state index contributed by atoms with van der Waals surface area (Å²) in [6.45, 7) is 0.884. The monoisotopic (exact) mass is 201 g/mol. The molecule has 15 heavy (non-hydrogen) atoms. The van der Waals surface area contributed by atoms with Crippen molar-refractivity contribution in [3.8, 4) is 0 Å². The van der Waals surface area contributed by atoms with Crippen molar-refractivity contribution in [1.29, 1.82) is 0 Å². The third kappa shape index (κ3) is 2.53. The van der Waals surface area contributed by atoms with Crippen LogP contribution in [-0.4, -0.2) is 11.5 Å². The van der Waals surface area contributed by atoms with Crippen LogP contribution in [0.15, 0.2) is 42.6 Å². The molecule has 4 N–H and O–H groups in total. The van der Waals surface area contributed by atoms with E-state index in [9.17, 15) is 0 Å². The number of nitrogens with one attached hydrogen (secondary N) is 2. The quantitative estimate of drug-likeness (QED) is 0.664. The van der Waals surface area contributed by atoms with Crippen LogP contribution < -0.4 is 11.1 Å². The molecule has 0 aliphatic heterocycles. The number of nitrogen functional groups attached to an aromatic ring is 1. The Labute approximate surface area is 89.3 Å². The van der Waals surface area contributed by atoms with E-state index in [1.807, 2.05) is 36.5 Å². The molecule has 3 heteroatoms. The molecule has 2 rings (SSSR count). The van der Waals surface area contributed by atoms with Crippen LogP contribution in [0.1, 0.15) is 5.69 Å². The predicted molar refractivity (Wildman–Crippen MR) is 63.8 cm³/mol. The fraction of sp³-hybridized carbons (Fsp3) is 0.167. The number of rotatable bonds is 4. The standard InChI is InChI=1S/C12H15N3/c13-11-5-1-2-6-12(11)15-9-7-10-4-3-8-14-10/h1-6,8,14-15H,7,9,13H2. The van der Waals surface area contributed by atoms with Crippen molar-refractivity contribution < 1.29 is 0 Å². The van der Waals surface area contributed by atoms with Crippen molar-refractivity contribution in [3.63, 3.8) is 0 Å². The second-order valence-electron chi connectivity index (χ2n) is 3.46. The van der Waals surface area contributed by atoms with E-state index in [1.54, 1.807) is 0 Å². The van der Waals surface area contributed by atoms with Gasteiger partial charge in [-0.1, -0.05) is 12.1 Å². The molecule has 78 valence electrons. The maximum absolute atomic E-state index is 5.81. The van der Waals surface area contributed by atoms with Crippen LogP contribution in [0.4, 0.5) is 11.4 Å². The summed E-state index contributed by atoms with van der Waals surface area (Å²) in [5.41, 5.74) is 8.84. The molecule has 0 saturated heterocycles. The zero-order valence-corrected chi connectivity index (χ0v) is 8.53. The Balaban J connectivity index is 1.86. The van der Waals surface area contributed by atoms with E-state index in [1.165, 1.54) is 5.69 Å². The Morgan fingerprint density at radius 3 is 2.73 bits per heavy atom. The maximum atomic E-state index is 5.81. The molecule has 0 fully saturated rings. The van der Waals surface area contributed by atoms with Gasteiger partial charge in [-0.3, -0.25) is 0 Å². The number of aromatic amines is 1. The minimum atomic E-state index is 0.795. The number of hydrogen-bond donors (Lipinski definition) is 3. The number of benzene rings is 1. The fourth-order valence-corrected chi connectivity index (χ4v) is 1.51. The molecule has 1 aromatic carbocycles. The molecular formula is C12H15N3. The number of aromatic nitrogens is 1. The predicted octanol–water partition coefficient (Wildman–Crippen LogP) is 2.25. The van der Waals surface area contributed by atoms with E-state index >= 15 is 0 Å². The highest BCUT2D eigenvalue weighted by molar-refractivity contribution is 5.65. The summed E-state index contributed by atoms with van der Waals surface area (Å²) in [4.78, 5) is 3.17. The van der Waals surface area contributed by atoms with Crippen molar-refractivity contribution in [2.45, 2.75) is 6.42 Å². The largest absolute Gasteiger partial charge is 0.397 e. The molecule has 0 aliphatic carbocycles. The third-order valence-corrected chi connectivity index (χ3v) is 2.33. The van der Waals surface area contributed by atoms with E-state index in [2.05, 4.69) is 16.4 Å². The van der Waals surface area contributed by atoms with Gasteiger partial charge in [0.1, 0.15) is 0 Å². The van der Waals surface area contributed by atoms with Gasteiger partial charge >= 0.3 is 0 Å². The van der Waals surface area contributed by atoms with E-state index in [-0.39, 0.29) is 0 Å². The highest BCUT2D eigenvalue weighted by Gasteiger charge is 1.96. The Hall–Kier alpha value is -1.90. The summed E-state index contributed by atoms with van der Waals surface area (Å²) in [5.74, 6) is 0. The van der Waals surface area contributed by atoms with Crippen LogP contribution in [0.2, 0.25) is 0 Å². The molecule has 3 nitrogen and oxygen atoms in total. The molecule has 2 aromatic rings. The van der Waals surface area contributed by atoms with Gasteiger partial charge in [0.25, 0.3) is 0 Å². The summed E-state index contributed by atoms with van der Waals surface area (Å²) in [6, 6.07) is 11.9. The maximum Gasteiger partial charge on any atom is 0.0574 e. The van der Waals surface area contributed by atoms with Crippen LogP contribution in [-0.2, 0) is 6.42 Å². The van der Waals surface area contributed by atoms with E-state index in [0.29, 0.717) is 0 Å². The van der Waals surface area contributed by atoms with Gasteiger partial charge in [0.2, 0.25) is 0 Å². The summed E-state index contributed by atoms with van der Waals surface area (Å²) in [7, 11) is 0. The smallest absolute Gasteiger partial charge is 0.0574 e. The van der Waals surface area contributed by atoms with Crippen LogP contribution in [0, 0.1) is 0 Å². The van der Waals surface area contributed by atoms with Crippen LogP contribution in [0.5, 0.6) is 0 Å². The van der Waals surface area contributed by atoms with Crippen molar-refractivity contribution in [1.82, 2.24) is 4.98 Å². The average Bonchev–Trinajstić information content (AvgIpc) is 2.74. The van der Waals surface area contributed by atoms with Crippen LogP contribution in [0.3, 0.4) is 0 Å². The molecule has 0 radical (unpaired) electrons. The average molecular weight is 201 g/mol. The van der Waals surface area contributed by atoms with Crippen molar-refractivity contribution in [3.05, 3.63) is 48.3 Å². The lowest BCUT2D eigenvalue weighted by Crippen LogP contribution is -2.06. The first-order valence-electron chi connectivity index (χ1n) is 5.07. The fourth-order valence-electron chi connectivity index (χ4n) is 1.51. The van der Waals surface area contributed by atoms with Gasteiger partial charge in [-0.2, -0.15) is 0 Å². The molecule has 0 saturated carbocycles. The molecule has 0 bridgehead atoms. The number of H-pyrrole nitrogens is 1. The first-order chi connectivity index (χ1) is 7.36. The van der Waals surface area contributed by atoms with Gasteiger partial charge in [-0.05, 0) is 24.3 Å². The third-order valence-electron chi connectivity index (χ3n) is 2.33. The summed E-state index contributed by atoms with van der Waals surface area (Å²) >= 11 is 0. The summed E-state index contributed by atoms with van der Waals surface area (Å²) in [5, 5.41) is 3.31. The molecule has 0 aliphatic rings. The molecular weight excluding hydrogens is 186 g/mol. The topological polar surface area (TPSA) is 53.8 Å². The Kier molecular flexibility index (Phi) is 2.93. The summed E-state index contributed by atoms with van der Waals surface area (Å²) in [6.07, 6.45) is 2.91. The van der Waals surface area contributed by atoms with E-state index in [4.69, 9.17) is 5.73 Å². The number of para-hydroxylation sites is 2. The Morgan fingerprint density at radius 2 is 2.00 bits per heavy atom. The first kappa shape index (κ1) is 9.65. The normalized spacial score (nSPS) is 10.1. The van der Waals surface area contributed by atoms with Gasteiger partial charge in [0.05, 0.1) is 11.4 Å². The zero-order valence-electron chi connectivity index (χ0n) is 8.53. The minimum Gasteiger partial charge on any atom is -0.397 e. The van der Waals surface area contributed by atoms with Crippen LogP contribution in [0.25, 0.3) is 0 Å². The number of hydrogen-bond acceptors (Lipinski definition) is 2. The second kappa shape index (κ2) is 4.55. The van der Waals surface area contributed by atoms with Gasteiger partial charge < -0.3 is 16.0 Å². The van der Waals surface area contributed by atoms with E-state index < -0.39 is 0 Å². The lowest BCUT2D eigenvalue weighted by molar-refractivity contribution is 0.978. The zero-order chi connectivity index (χ0) is 10.5. The van der Waals surface area contributed by atoms with Gasteiger partial charge in [-0.25, -0.2) is 0 Å². The SMILES string of the molecule is Nc1ccccc1NCCc1ccc[nH]1. The lowest BCUT2D eigenvalue weighted by atomic mass is 10.2. The molecule has 0 unspecified atom stereocenters. The van der Waals surface area contributed by atoms with Gasteiger partial charge in [0.15, 0.2) is 0 Å². The molecule has 1 aromatic heterocycles. The minimum absolute atomic E-state index is 0.795. The number of nitrogens with two attached hydrogens (primary N) is 1. The Morgan fingerprint density at radius 1 is 1.13 bits per heavy atom. The second-order valence-corrected chi connectivity index (χ2v) is 3.46. The lowest BCUT2D eigenvalue weighted by Gasteiger charge is -2.07. The highest BCUT2D eigenvalue weighted by atomic mass is 14.9. The highest BCUT2D eigenvalue weighted by Crippen LogP contribution is 2.16. The van der Waals surface area contributed by atoms with Gasteiger partial charge in [0, 0.05) is 24.9 Å². The molecule has 1 heterocycles. The number of anilines is 2. The van der Waals surface area contributed by atoms with Crippen molar-refractivity contribution in [2.75, 3.05) is 17.6 Å². The van der Waals surface area contributed by atoms with E-state index in [0.717, 1.165) is 24.3 Å². The Bertz CT molecular complexity index is 407. The molecule has 0 amide bonds. The summed E-state index contributed by atoms with van der Waals surface area (Å²) < 4.78 is 0. The molecule has 0 atom stereocenters. The molecule has 0 spiro atoms. The van der Waals surface area contributed by atoms with Crippen molar-refractivity contribution >= 4 is 11.4 Å². The van der Waals surface area contributed by atoms with Crippen molar-refractivity contribution in [2.24, 2.45) is 0 Å². The van der Waals surface area contributed by atoms with Gasteiger partial charge in [-0.15, -0.1) is 0 Å². The van der Waals surface area contributed by atoms with Crippen LogP contribution >= 0.6 is 0 Å². The first-order valence-corrected chi connectivity index (χ1v) is 5.07.